The zero-order valence-electron chi connectivity index (χ0n) is 28.0. The minimum absolute atomic E-state index is 0.255. The highest BCUT2D eigenvalue weighted by Crippen LogP contribution is 2.33. The Labute approximate surface area is 299 Å². The second kappa shape index (κ2) is 19.0. The van der Waals surface area contributed by atoms with Gasteiger partial charge < -0.3 is 23.7 Å². The monoisotopic (exact) mass is 713 g/mol. The molecule has 0 amide bonds. The SMILES string of the molecule is C=CC(=O)OCCCCCCOc1ccc(OC(=O)[C@H]2CC[C@H](C(=O)Oc3ccc(OC=O)cc3/C=N/Nc3nc4ccccc4s3)CC2)cc1. The molecule has 0 aliphatic heterocycles. The molecule has 1 aliphatic carbocycles. The molecule has 1 saturated carbocycles. The van der Waals surface area contributed by atoms with Crippen LogP contribution in [-0.2, 0) is 23.9 Å². The number of nitrogens with zero attached hydrogens (tertiary/aromatic N) is 2. The third kappa shape index (κ3) is 11.2. The first-order chi connectivity index (χ1) is 24.9. The summed E-state index contributed by atoms with van der Waals surface area (Å²) in [6.07, 6.45) is 8.09. The van der Waals surface area contributed by atoms with Crippen molar-refractivity contribution in [2.24, 2.45) is 16.9 Å². The highest BCUT2D eigenvalue weighted by Gasteiger charge is 2.32. The number of benzene rings is 3. The average molecular weight is 714 g/mol. The van der Waals surface area contributed by atoms with Crippen molar-refractivity contribution in [3.8, 4) is 23.0 Å². The summed E-state index contributed by atoms with van der Waals surface area (Å²) in [5.74, 6) is -0.248. The predicted molar refractivity (Wildman–Crippen MR) is 192 cm³/mol. The largest absolute Gasteiger partial charge is 0.494 e. The summed E-state index contributed by atoms with van der Waals surface area (Å²) in [6, 6.07) is 19.3. The van der Waals surface area contributed by atoms with Gasteiger partial charge in [0.1, 0.15) is 23.0 Å². The number of unbranched alkanes of at least 4 members (excludes halogenated alkanes) is 3. The second-order valence-electron chi connectivity index (χ2n) is 11.8. The smallest absolute Gasteiger partial charge is 0.330 e. The molecule has 51 heavy (non-hydrogen) atoms. The molecule has 3 aromatic carbocycles. The van der Waals surface area contributed by atoms with Crippen molar-refractivity contribution in [2.45, 2.75) is 51.4 Å². The van der Waals surface area contributed by atoms with Crippen LogP contribution in [0.1, 0.15) is 56.9 Å². The molecule has 12 nitrogen and oxygen atoms in total. The Kier molecular flexibility index (Phi) is 13.7. The van der Waals surface area contributed by atoms with Crippen LogP contribution in [-0.4, -0.2) is 48.8 Å². The molecule has 0 spiro atoms. The van der Waals surface area contributed by atoms with Gasteiger partial charge in [-0.25, -0.2) is 9.78 Å². The van der Waals surface area contributed by atoms with Gasteiger partial charge in [0.05, 0.1) is 41.5 Å². The Bertz CT molecular complexity index is 1800. The minimum Gasteiger partial charge on any atom is -0.494 e. The number of para-hydroxylation sites is 1. The number of carbonyl (C=O) groups excluding carboxylic acids is 4. The molecule has 5 rings (SSSR count). The fourth-order valence-electron chi connectivity index (χ4n) is 5.47. The van der Waals surface area contributed by atoms with Crippen LogP contribution in [0.15, 0.2) is 84.5 Å². The van der Waals surface area contributed by atoms with Crippen LogP contribution in [0.3, 0.4) is 0 Å². The number of ether oxygens (including phenoxy) is 5. The van der Waals surface area contributed by atoms with Gasteiger partial charge in [-0.15, -0.1) is 0 Å². The molecule has 266 valence electrons. The number of hydrogen-bond acceptors (Lipinski definition) is 13. The van der Waals surface area contributed by atoms with Crippen molar-refractivity contribution in [3.63, 3.8) is 0 Å². The first kappa shape index (κ1) is 36.7. The van der Waals surface area contributed by atoms with Crippen molar-refractivity contribution < 1.29 is 42.9 Å². The molecule has 4 aromatic rings. The van der Waals surface area contributed by atoms with Gasteiger partial charge in [0.2, 0.25) is 5.13 Å². The Morgan fingerprint density at radius 3 is 2.22 bits per heavy atom. The lowest BCUT2D eigenvalue weighted by atomic mass is 9.82. The number of anilines is 1. The van der Waals surface area contributed by atoms with Crippen LogP contribution in [0.5, 0.6) is 23.0 Å². The topological polar surface area (TPSA) is 152 Å². The summed E-state index contributed by atoms with van der Waals surface area (Å²) in [7, 11) is 0. The molecule has 0 saturated heterocycles. The number of hydrogen-bond donors (Lipinski definition) is 1. The number of rotatable bonds is 18. The van der Waals surface area contributed by atoms with Crippen LogP contribution in [0.2, 0.25) is 0 Å². The molecule has 1 heterocycles. The summed E-state index contributed by atoms with van der Waals surface area (Å²) in [5, 5.41) is 4.85. The molecule has 0 radical (unpaired) electrons. The van der Waals surface area contributed by atoms with Crippen molar-refractivity contribution in [3.05, 3.63) is 84.9 Å². The first-order valence-corrected chi connectivity index (χ1v) is 17.6. The standard InChI is InChI=1S/C38H39N3O9S/c1-2-35(43)47-22-8-4-3-7-21-46-29-15-17-30(18-16-29)49-36(44)26-11-13-27(14-12-26)37(45)50-33-20-19-31(48-25-42)23-28(33)24-39-41-38-40-32-9-5-6-10-34(32)51-38/h2,5-6,9-10,15-20,23-27H,1,3-4,7-8,11-14,21-22H2,(H,40,41)/b39-24+/t26-,27-. The number of thiazole rings is 1. The van der Waals surface area contributed by atoms with Gasteiger partial charge in [0, 0.05) is 11.6 Å². The summed E-state index contributed by atoms with van der Waals surface area (Å²) >= 11 is 1.45. The average Bonchev–Trinajstić information content (AvgIpc) is 3.57. The number of esters is 3. The van der Waals surface area contributed by atoms with Gasteiger partial charge in [-0.2, -0.15) is 5.10 Å². The number of aromatic nitrogens is 1. The Hall–Kier alpha value is -5.56. The van der Waals surface area contributed by atoms with E-state index < -0.39 is 17.9 Å². The fraction of sp³-hybridized carbons (Fsp3) is 0.316. The van der Waals surface area contributed by atoms with Crippen molar-refractivity contribution in [1.29, 1.82) is 0 Å². The lowest BCUT2D eigenvalue weighted by Crippen LogP contribution is -2.30. The fourth-order valence-corrected chi connectivity index (χ4v) is 6.28. The Balaban J connectivity index is 1.05. The molecule has 0 bridgehead atoms. The van der Waals surface area contributed by atoms with E-state index in [-0.39, 0.29) is 23.4 Å². The zero-order valence-corrected chi connectivity index (χ0v) is 28.8. The lowest BCUT2D eigenvalue weighted by Gasteiger charge is -2.26. The Morgan fingerprint density at radius 1 is 0.843 bits per heavy atom. The summed E-state index contributed by atoms with van der Waals surface area (Å²) in [6.45, 7) is 4.62. The number of nitrogens with one attached hydrogen (secondary N) is 1. The van der Waals surface area contributed by atoms with E-state index in [1.165, 1.54) is 23.6 Å². The molecular formula is C38H39N3O9S. The zero-order chi connectivity index (χ0) is 35.8. The highest BCUT2D eigenvalue weighted by molar-refractivity contribution is 7.22. The molecular weight excluding hydrogens is 674 g/mol. The van der Waals surface area contributed by atoms with E-state index in [4.69, 9.17) is 23.7 Å². The number of fused-ring (bicyclic) bond motifs is 1. The molecule has 1 aromatic heterocycles. The van der Waals surface area contributed by atoms with E-state index in [0.29, 0.717) is 67.6 Å². The molecule has 1 N–H and O–H groups in total. The van der Waals surface area contributed by atoms with Crippen LogP contribution in [0.4, 0.5) is 5.13 Å². The predicted octanol–water partition coefficient (Wildman–Crippen LogP) is 7.26. The van der Waals surface area contributed by atoms with E-state index in [0.717, 1.165) is 42.0 Å². The van der Waals surface area contributed by atoms with Gasteiger partial charge in [-0.1, -0.05) is 30.0 Å². The highest BCUT2D eigenvalue weighted by atomic mass is 32.1. The lowest BCUT2D eigenvalue weighted by molar-refractivity contribution is -0.145. The van der Waals surface area contributed by atoms with Crippen LogP contribution in [0.25, 0.3) is 10.2 Å². The van der Waals surface area contributed by atoms with E-state index in [1.807, 2.05) is 24.3 Å². The van der Waals surface area contributed by atoms with E-state index in [2.05, 4.69) is 22.1 Å². The van der Waals surface area contributed by atoms with Gasteiger partial charge in [-0.05, 0) is 106 Å². The van der Waals surface area contributed by atoms with E-state index in [1.54, 1.807) is 36.4 Å². The summed E-state index contributed by atoms with van der Waals surface area (Å²) in [4.78, 5) is 52.5. The first-order valence-electron chi connectivity index (χ1n) is 16.8. The minimum atomic E-state index is -0.413. The van der Waals surface area contributed by atoms with Crippen molar-refractivity contribution in [1.82, 2.24) is 4.98 Å². The van der Waals surface area contributed by atoms with Crippen LogP contribution >= 0.6 is 11.3 Å². The molecule has 1 aliphatic rings. The van der Waals surface area contributed by atoms with Crippen molar-refractivity contribution >= 4 is 57.3 Å². The molecule has 1 fully saturated rings. The molecule has 0 unspecified atom stereocenters. The third-order valence-electron chi connectivity index (χ3n) is 8.19. The quantitative estimate of drug-likeness (QED) is 0.0211. The summed E-state index contributed by atoms with van der Waals surface area (Å²) in [5.41, 5.74) is 4.17. The summed E-state index contributed by atoms with van der Waals surface area (Å²) < 4.78 is 28.1. The van der Waals surface area contributed by atoms with Crippen LogP contribution < -0.4 is 24.4 Å². The van der Waals surface area contributed by atoms with E-state index in [9.17, 15) is 19.2 Å². The van der Waals surface area contributed by atoms with Crippen molar-refractivity contribution in [2.75, 3.05) is 18.6 Å². The Morgan fingerprint density at radius 2 is 1.51 bits per heavy atom. The van der Waals surface area contributed by atoms with Gasteiger partial charge in [0.15, 0.2) is 0 Å². The molecule has 13 heteroatoms. The maximum atomic E-state index is 13.2. The van der Waals surface area contributed by atoms with Gasteiger partial charge in [-0.3, -0.25) is 19.8 Å². The number of hydrazone groups is 1. The second-order valence-corrected chi connectivity index (χ2v) is 12.8. The normalized spacial score (nSPS) is 15.5. The maximum absolute atomic E-state index is 13.2. The number of carbonyl (C=O) groups is 4. The van der Waals surface area contributed by atoms with Gasteiger partial charge in [0.25, 0.3) is 6.47 Å². The van der Waals surface area contributed by atoms with Crippen LogP contribution in [0, 0.1) is 11.8 Å². The van der Waals surface area contributed by atoms with Gasteiger partial charge >= 0.3 is 17.9 Å². The molecule has 0 atom stereocenters. The van der Waals surface area contributed by atoms with E-state index >= 15 is 0 Å². The third-order valence-corrected chi connectivity index (χ3v) is 9.13. The maximum Gasteiger partial charge on any atom is 0.330 e.